The van der Waals surface area contributed by atoms with Gasteiger partial charge >= 0.3 is 11.9 Å². The maximum absolute atomic E-state index is 15.1. The number of aromatic nitrogens is 1. The van der Waals surface area contributed by atoms with Crippen molar-refractivity contribution in [3.63, 3.8) is 0 Å². The number of nitrogens with zero attached hydrogens (tertiary/aromatic N) is 2. The normalized spacial score (nSPS) is 24.2. The molecule has 1 fully saturated rings. The van der Waals surface area contributed by atoms with Gasteiger partial charge in [0.1, 0.15) is 72.6 Å². The van der Waals surface area contributed by atoms with Gasteiger partial charge in [-0.1, -0.05) is 96.5 Å². The average Bonchev–Trinajstić information content (AvgIpc) is 1.77. The first kappa shape index (κ1) is 92.7. The van der Waals surface area contributed by atoms with Crippen LogP contribution in [-0.4, -0.2) is 255 Å². The fourth-order valence-electron chi connectivity index (χ4n) is 12.3. The van der Waals surface area contributed by atoms with E-state index in [0.717, 1.165) is 9.80 Å². The molecule has 0 spiro atoms. The number of carboxylic acid groups (broad SMARTS) is 1. The lowest BCUT2D eigenvalue weighted by molar-refractivity contribution is -0.162. The summed E-state index contributed by atoms with van der Waals surface area (Å²) in [5.41, 5.74) is 24.4. The zero-order chi connectivity index (χ0) is 82.9. The van der Waals surface area contributed by atoms with Gasteiger partial charge in [-0.3, -0.25) is 71.9 Å². The van der Waals surface area contributed by atoms with Crippen molar-refractivity contribution in [3.8, 4) is 0 Å². The number of hydrogen-bond donors (Lipinski definition) is 19. The Morgan fingerprint density at radius 1 is 0.559 bits per heavy atom. The summed E-state index contributed by atoms with van der Waals surface area (Å²) in [5.74, 6) is -19.9. The first-order valence-corrected chi connectivity index (χ1v) is 36.9. The third-order valence-corrected chi connectivity index (χ3v) is 18.4. The number of aliphatic hydroxyl groups excluding tert-OH is 3. The van der Waals surface area contributed by atoms with Crippen LogP contribution in [0.2, 0.25) is 0 Å². The molecule has 614 valence electrons. The summed E-state index contributed by atoms with van der Waals surface area (Å²) < 4.78 is 6.01. The molecule has 1 aliphatic rings. The van der Waals surface area contributed by atoms with Gasteiger partial charge in [0.25, 0.3) is 0 Å². The van der Waals surface area contributed by atoms with Crippen LogP contribution in [0.3, 0.4) is 0 Å². The van der Waals surface area contributed by atoms with Crippen molar-refractivity contribution in [1.29, 1.82) is 0 Å². The Balaban J connectivity index is 1.92. The van der Waals surface area contributed by atoms with Gasteiger partial charge in [-0.2, -0.15) is 0 Å². The zero-order valence-corrected chi connectivity index (χ0v) is 63.9. The first-order valence-electron chi connectivity index (χ1n) is 36.9. The molecule has 14 amide bonds. The maximum Gasteiger partial charge on any atom is 0.329 e. The number of esters is 1. The van der Waals surface area contributed by atoms with Gasteiger partial charge in [0, 0.05) is 50.5 Å². The van der Waals surface area contributed by atoms with Crippen molar-refractivity contribution in [1.82, 2.24) is 68.0 Å². The van der Waals surface area contributed by atoms with E-state index in [2.05, 4.69) is 47.5 Å². The number of aromatic amines is 1. The molecule has 2 aromatic carbocycles. The molecule has 2 heterocycles. The number of carboxylic acids is 1. The molecule has 0 saturated carbocycles. The minimum absolute atomic E-state index is 0.0136. The molecule has 9 unspecified atom stereocenters. The third kappa shape index (κ3) is 29.9. The van der Waals surface area contributed by atoms with Crippen molar-refractivity contribution >= 4 is 106 Å². The number of rotatable bonds is 26. The van der Waals surface area contributed by atoms with E-state index in [1.165, 1.54) is 14.1 Å². The molecule has 1 aliphatic heterocycles. The fraction of sp³-hybridized carbons (Fsp3) is 0.589. The van der Waals surface area contributed by atoms with Crippen molar-refractivity contribution < 1.29 is 102 Å². The molecule has 38 nitrogen and oxygen atoms in total. The fourth-order valence-corrected chi connectivity index (χ4v) is 12.3. The Morgan fingerprint density at radius 3 is 1.66 bits per heavy atom. The molecular weight excluding hydrogens is 1450 g/mol. The molecule has 0 bridgehead atoms. The summed E-state index contributed by atoms with van der Waals surface area (Å²) in [6.45, 7) is 6.91. The smallest absolute Gasteiger partial charge is 0.329 e. The van der Waals surface area contributed by atoms with Crippen molar-refractivity contribution in [3.05, 3.63) is 71.9 Å². The predicted octanol–water partition coefficient (Wildman–Crippen LogP) is -5.02. The van der Waals surface area contributed by atoms with E-state index in [9.17, 15) is 92.3 Å². The molecule has 4 rings (SSSR count). The van der Waals surface area contributed by atoms with Crippen LogP contribution in [0, 0.1) is 17.8 Å². The number of fused-ring (bicyclic) bond motifs is 1. The van der Waals surface area contributed by atoms with E-state index in [-0.39, 0.29) is 76.3 Å². The van der Waals surface area contributed by atoms with E-state index in [1.54, 1.807) is 88.5 Å². The van der Waals surface area contributed by atoms with Crippen molar-refractivity contribution in [2.75, 3.05) is 46.9 Å². The third-order valence-electron chi connectivity index (χ3n) is 18.4. The first-order chi connectivity index (χ1) is 52.4. The molecule has 1 saturated heterocycles. The van der Waals surface area contributed by atoms with Crippen LogP contribution in [-0.2, 0) is 94.3 Å². The number of amides is 14. The van der Waals surface area contributed by atoms with Crippen LogP contribution < -0.4 is 76.1 Å². The van der Waals surface area contributed by atoms with Gasteiger partial charge in [0.2, 0.25) is 82.7 Å². The van der Waals surface area contributed by atoms with Gasteiger partial charge in [-0.05, 0) is 99.4 Å². The van der Waals surface area contributed by atoms with E-state index < -0.39 is 225 Å². The Bertz CT molecular complexity index is 3710. The number of cyclic esters (lactones) is 1. The second-order valence-corrected chi connectivity index (χ2v) is 28.6. The van der Waals surface area contributed by atoms with Crippen molar-refractivity contribution in [2.24, 2.45) is 40.7 Å². The van der Waals surface area contributed by atoms with Crippen LogP contribution in [0.4, 0.5) is 0 Å². The second-order valence-electron chi connectivity index (χ2n) is 28.6. The van der Waals surface area contributed by atoms with E-state index in [0.29, 0.717) is 34.9 Å². The summed E-state index contributed by atoms with van der Waals surface area (Å²) in [6.07, 6.45) is -5.48. The Morgan fingerprint density at radius 2 is 1.08 bits per heavy atom. The molecule has 111 heavy (non-hydrogen) atoms. The van der Waals surface area contributed by atoms with Gasteiger partial charge in [-0.15, -0.1) is 0 Å². The van der Waals surface area contributed by atoms with Crippen LogP contribution in [0.15, 0.2) is 60.8 Å². The van der Waals surface area contributed by atoms with E-state index in [1.807, 2.05) is 24.5 Å². The van der Waals surface area contributed by atoms with Gasteiger partial charge in [-0.25, -0.2) is 4.79 Å². The summed E-state index contributed by atoms with van der Waals surface area (Å²) in [4.78, 5) is 230. The summed E-state index contributed by atoms with van der Waals surface area (Å²) in [6, 6.07) is -4.44. The number of carbonyl (C=O) groups excluding carboxylic acids is 15. The summed E-state index contributed by atoms with van der Waals surface area (Å²) in [7, 11) is 2.44. The van der Waals surface area contributed by atoms with Crippen LogP contribution >= 0.6 is 0 Å². The number of hydrogen-bond acceptors (Lipinski definition) is 22. The number of nitrogens with one attached hydrogen (secondary N) is 11. The number of aliphatic carboxylic acids is 1. The molecule has 23 N–H and O–H groups in total. The number of benzene rings is 2. The SMILES string of the molecule is CC(C)CCCC1CC(=O)NC(CO)C(=O)N[C@H](C(O)C(N)=O)C(=O)NC(CO)C(=O)NCC(=O)N(C)C(Cc2ccccc2)C(=O)N[C@@H](CC(C)C)C(=O)NC(CCCN)C(=O)NC(CCC(=O)O)C(=O)N[C@H](CC(N)=O)C(=O)NC(Cc2c[nH]c3ccccc23)C(=O)N[C@H](CCCN)C(=O)N(C)C(C(C)C)C(=O)O1. The van der Waals surface area contributed by atoms with Crippen LogP contribution in [0.5, 0.6) is 0 Å². The minimum atomic E-state index is -2.59. The Kier molecular flexibility index (Phi) is 38.5. The maximum atomic E-state index is 15.1. The monoisotopic (exact) mass is 1560 g/mol. The summed E-state index contributed by atoms with van der Waals surface area (Å²) >= 11 is 0. The number of carbonyl (C=O) groups is 16. The number of primary amides is 2. The van der Waals surface area contributed by atoms with Gasteiger partial charge < -0.3 is 116 Å². The average molecular weight is 1560 g/mol. The molecule has 1 aromatic heterocycles. The molecule has 38 heteroatoms. The molecule has 3 aromatic rings. The zero-order valence-electron chi connectivity index (χ0n) is 63.9. The molecule has 0 radical (unpaired) electrons. The van der Waals surface area contributed by atoms with E-state index in [4.69, 9.17) is 27.7 Å². The molecule has 0 aliphatic carbocycles. The quantitative estimate of drug-likeness (QED) is 0.0335. The predicted molar refractivity (Wildman–Crippen MR) is 400 cm³/mol. The van der Waals surface area contributed by atoms with Gasteiger partial charge in [0.15, 0.2) is 6.10 Å². The highest BCUT2D eigenvalue weighted by Crippen LogP contribution is 2.23. The van der Waals surface area contributed by atoms with E-state index >= 15 is 4.79 Å². The highest BCUT2D eigenvalue weighted by atomic mass is 16.5. The Hall–Kier alpha value is -10.7. The van der Waals surface area contributed by atoms with Gasteiger partial charge in [0.05, 0.1) is 32.6 Å². The lowest BCUT2D eigenvalue weighted by Crippen LogP contribution is -2.63. The summed E-state index contributed by atoms with van der Waals surface area (Å²) in [5, 5.41) is 66.0. The highest BCUT2D eigenvalue weighted by molar-refractivity contribution is 6.01. The number of nitrogens with two attached hydrogens (primary N) is 4. The molecule has 13 atom stereocenters. The number of para-hydroxylation sites is 1. The number of H-pyrrole nitrogens is 1. The number of aliphatic hydroxyl groups is 3. The lowest BCUT2D eigenvalue weighted by Gasteiger charge is -2.34. The van der Waals surface area contributed by atoms with Crippen LogP contribution in [0.1, 0.15) is 130 Å². The topological polar surface area (TPSA) is 610 Å². The Labute approximate surface area is 642 Å². The number of likely N-dealkylation sites (N-methyl/N-ethyl adjacent to an activating group) is 2. The van der Waals surface area contributed by atoms with Crippen molar-refractivity contribution in [2.45, 2.75) is 210 Å². The van der Waals surface area contributed by atoms with Crippen LogP contribution in [0.25, 0.3) is 10.9 Å². The standard InChI is InChI=1S/C73H111N17O21/c1-38(2)17-14-20-43-32-56(94)80-53(37-92)69(106)88-59(61(98)62(77)99)71(108)87-52(36-91)63(100)79-35-57(95)89(7)54(30-41-18-10-9-11-19-41)70(107)86-49(29-39(3)4)66(103)81-46(23-15-27-74)64(101)82-47(25-26-58(96)97)65(102)85-51(33-55(76)93)68(105)84-50(31-42-34-78-45-22-13-12-21-44(42)45)67(104)83-48(24-16-28-75)72(109)90(8)60(40(5)6)73(110)111-43/h9-13,18-19,21-22,34,38-40,43,46-54,59-61,78,91-92,98H,14-17,20,23-33,35-37,74-75H2,1-8H3,(H2,76,93)(H2,77,99)(H,79,100)(H,80,94)(H,81,103)(H,82,101)(H,83,104)(H,84,105)(H,85,102)(H,86,107)(H,87,108)(H,88,106)(H,96,97)/t43?,46?,47?,48-,49+,50?,51-,52?,53?,54?,59-,60?,61?/m1/s1. The number of ether oxygens (including phenoxy) is 1. The second kappa shape index (κ2) is 46.1. The lowest BCUT2D eigenvalue weighted by atomic mass is 9.99. The largest absolute Gasteiger partial charge is 0.481 e. The molecular formula is C73H111N17O21. The minimum Gasteiger partial charge on any atom is -0.481 e. The highest BCUT2D eigenvalue weighted by Gasteiger charge is 2.42.